The summed E-state index contributed by atoms with van der Waals surface area (Å²) in [7, 11) is 0. The highest BCUT2D eigenvalue weighted by Crippen LogP contribution is 2.07. The monoisotopic (exact) mass is 187 g/mol. The van der Waals surface area contributed by atoms with Crippen LogP contribution in [-0.2, 0) is 14.2 Å². The van der Waals surface area contributed by atoms with Crippen LogP contribution < -0.4 is 0 Å². The van der Waals surface area contributed by atoms with Crippen molar-refractivity contribution in [1.29, 1.82) is 0 Å². The normalized spacial score (nSPS) is 27.7. The average molecular weight is 187 g/mol. The summed E-state index contributed by atoms with van der Waals surface area (Å²) in [5.41, 5.74) is 0. The second-order valence-electron chi connectivity index (χ2n) is 3.44. The first-order valence-electron chi connectivity index (χ1n) is 4.98. The second kappa shape index (κ2) is 4.91. The molecular weight excluding hydrogens is 170 g/mol. The molecule has 76 valence electrons. The molecule has 2 heterocycles. The molecule has 4 heteroatoms. The van der Waals surface area contributed by atoms with Gasteiger partial charge in [0.25, 0.3) is 0 Å². The molecule has 0 spiro atoms. The van der Waals surface area contributed by atoms with Crippen LogP contribution in [0.5, 0.6) is 0 Å². The topological polar surface area (TPSA) is 30.9 Å². The Labute approximate surface area is 78.7 Å². The quantitative estimate of drug-likeness (QED) is 0.612. The van der Waals surface area contributed by atoms with Crippen LogP contribution in [0.15, 0.2) is 0 Å². The van der Waals surface area contributed by atoms with Crippen LogP contribution in [0.1, 0.15) is 6.42 Å². The molecule has 0 amide bonds. The molecule has 0 aromatic heterocycles. The Morgan fingerprint density at radius 1 is 1.00 bits per heavy atom. The van der Waals surface area contributed by atoms with Gasteiger partial charge < -0.3 is 14.2 Å². The molecular formula is C9H17NO3. The zero-order valence-corrected chi connectivity index (χ0v) is 7.91. The lowest BCUT2D eigenvalue weighted by Gasteiger charge is -2.31. The van der Waals surface area contributed by atoms with E-state index in [0.717, 1.165) is 52.5 Å². The maximum Gasteiger partial charge on any atom is 0.170 e. The molecule has 2 fully saturated rings. The Kier molecular flexibility index (Phi) is 3.55. The van der Waals surface area contributed by atoms with Crippen LogP contribution in [0.2, 0.25) is 0 Å². The Balaban J connectivity index is 1.69. The van der Waals surface area contributed by atoms with Crippen molar-refractivity contribution in [3.63, 3.8) is 0 Å². The number of rotatable bonds is 2. The molecule has 0 unspecified atom stereocenters. The Morgan fingerprint density at radius 3 is 2.38 bits per heavy atom. The van der Waals surface area contributed by atoms with Crippen molar-refractivity contribution in [3.05, 3.63) is 0 Å². The summed E-state index contributed by atoms with van der Waals surface area (Å²) in [6, 6.07) is 0. The van der Waals surface area contributed by atoms with Crippen LogP contribution in [-0.4, -0.2) is 57.3 Å². The molecule has 0 atom stereocenters. The second-order valence-corrected chi connectivity index (χ2v) is 3.44. The van der Waals surface area contributed by atoms with Gasteiger partial charge in [-0.25, -0.2) is 0 Å². The minimum absolute atomic E-state index is 0.00755. The van der Waals surface area contributed by atoms with E-state index < -0.39 is 0 Å². The zero-order chi connectivity index (χ0) is 8.93. The summed E-state index contributed by atoms with van der Waals surface area (Å²) in [6.45, 7) is 6.26. The van der Waals surface area contributed by atoms with Crippen molar-refractivity contribution < 1.29 is 14.2 Å². The number of hydrogen-bond donors (Lipinski definition) is 0. The van der Waals surface area contributed by atoms with Crippen molar-refractivity contribution in [1.82, 2.24) is 4.90 Å². The maximum absolute atomic E-state index is 5.48. The summed E-state index contributed by atoms with van der Waals surface area (Å²) in [6.07, 6.45) is 1.02. The number of hydrogen-bond acceptors (Lipinski definition) is 4. The molecule has 0 saturated carbocycles. The molecule has 2 saturated heterocycles. The van der Waals surface area contributed by atoms with Crippen molar-refractivity contribution in [2.45, 2.75) is 12.7 Å². The van der Waals surface area contributed by atoms with Gasteiger partial charge in [-0.15, -0.1) is 0 Å². The summed E-state index contributed by atoms with van der Waals surface area (Å²) in [5, 5.41) is 0. The van der Waals surface area contributed by atoms with E-state index >= 15 is 0 Å². The van der Waals surface area contributed by atoms with Crippen LogP contribution >= 0.6 is 0 Å². The van der Waals surface area contributed by atoms with E-state index in [9.17, 15) is 0 Å². The first kappa shape index (κ1) is 9.40. The van der Waals surface area contributed by atoms with Gasteiger partial charge >= 0.3 is 0 Å². The van der Waals surface area contributed by atoms with Crippen LogP contribution in [0, 0.1) is 0 Å². The average Bonchev–Trinajstić information content (AvgIpc) is 2.21. The lowest BCUT2D eigenvalue weighted by atomic mass is 10.4. The molecule has 0 bridgehead atoms. The van der Waals surface area contributed by atoms with Crippen LogP contribution in [0.25, 0.3) is 0 Å². The Bertz CT molecular complexity index is 126. The highest BCUT2D eigenvalue weighted by Gasteiger charge is 2.19. The van der Waals surface area contributed by atoms with Crippen molar-refractivity contribution in [2.24, 2.45) is 0 Å². The molecule has 13 heavy (non-hydrogen) atoms. The SMILES string of the molecule is C1COC(CN2CCOCC2)OC1. The van der Waals surface area contributed by atoms with E-state index in [1.54, 1.807) is 0 Å². The number of ether oxygens (including phenoxy) is 3. The standard InChI is InChI=1S/C9H17NO3/c1-4-12-9(13-5-1)8-10-2-6-11-7-3-10/h9H,1-8H2. The summed E-state index contributed by atoms with van der Waals surface area (Å²) < 4.78 is 16.2. The molecule has 0 N–H and O–H groups in total. The minimum Gasteiger partial charge on any atom is -0.379 e. The van der Waals surface area contributed by atoms with E-state index in [2.05, 4.69) is 4.90 Å². The van der Waals surface area contributed by atoms with E-state index in [-0.39, 0.29) is 6.29 Å². The third-order valence-corrected chi connectivity index (χ3v) is 2.41. The van der Waals surface area contributed by atoms with Gasteiger partial charge in [0.05, 0.1) is 26.4 Å². The maximum atomic E-state index is 5.48. The molecule has 4 nitrogen and oxygen atoms in total. The molecule has 2 rings (SSSR count). The number of nitrogens with zero attached hydrogens (tertiary/aromatic N) is 1. The lowest BCUT2D eigenvalue weighted by Crippen LogP contribution is -2.43. The minimum atomic E-state index is -0.00755. The van der Waals surface area contributed by atoms with E-state index in [0.29, 0.717) is 0 Å². The molecule has 2 aliphatic heterocycles. The fraction of sp³-hybridized carbons (Fsp3) is 1.00. The summed E-state index contributed by atoms with van der Waals surface area (Å²) in [5.74, 6) is 0. The van der Waals surface area contributed by atoms with Gasteiger partial charge in [0.1, 0.15) is 0 Å². The smallest absolute Gasteiger partial charge is 0.170 e. The van der Waals surface area contributed by atoms with E-state index in [4.69, 9.17) is 14.2 Å². The molecule has 0 aliphatic carbocycles. The van der Waals surface area contributed by atoms with Crippen molar-refractivity contribution in [3.8, 4) is 0 Å². The fourth-order valence-electron chi connectivity index (χ4n) is 1.64. The highest BCUT2D eigenvalue weighted by atomic mass is 16.7. The summed E-state index contributed by atoms with van der Waals surface area (Å²) in [4.78, 5) is 2.33. The predicted molar refractivity (Wildman–Crippen MR) is 47.6 cm³/mol. The molecule has 0 radical (unpaired) electrons. The largest absolute Gasteiger partial charge is 0.379 e. The molecule has 0 aromatic rings. The lowest BCUT2D eigenvalue weighted by molar-refractivity contribution is -0.189. The van der Waals surface area contributed by atoms with E-state index in [1.165, 1.54) is 0 Å². The third kappa shape index (κ3) is 2.91. The van der Waals surface area contributed by atoms with Gasteiger partial charge in [-0.2, -0.15) is 0 Å². The first-order chi connectivity index (χ1) is 6.45. The van der Waals surface area contributed by atoms with Crippen molar-refractivity contribution >= 4 is 0 Å². The van der Waals surface area contributed by atoms with Gasteiger partial charge in [0.2, 0.25) is 0 Å². The van der Waals surface area contributed by atoms with Gasteiger partial charge in [-0.1, -0.05) is 0 Å². The summed E-state index contributed by atoms with van der Waals surface area (Å²) >= 11 is 0. The number of morpholine rings is 1. The van der Waals surface area contributed by atoms with Gasteiger partial charge in [0.15, 0.2) is 6.29 Å². The van der Waals surface area contributed by atoms with E-state index in [1.807, 2.05) is 0 Å². The van der Waals surface area contributed by atoms with Crippen molar-refractivity contribution in [2.75, 3.05) is 46.1 Å². The van der Waals surface area contributed by atoms with Gasteiger partial charge in [0, 0.05) is 19.6 Å². The van der Waals surface area contributed by atoms with Gasteiger partial charge in [-0.05, 0) is 6.42 Å². The molecule has 2 aliphatic rings. The van der Waals surface area contributed by atoms with Crippen LogP contribution in [0.4, 0.5) is 0 Å². The first-order valence-corrected chi connectivity index (χ1v) is 4.98. The highest BCUT2D eigenvalue weighted by molar-refractivity contribution is 4.64. The third-order valence-electron chi connectivity index (χ3n) is 2.41. The Hall–Kier alpha value is -0.160. The zero-order valence-electron chi connectivity index (χ0n) is 7.91. The predicted octanol–water partition coefficient (Wildman–Crippen LogP) is 0.0816. The Morgan fingerprint density at radius 2 is 1.69 bits per heavy atom. The fourth-order valence-corrected chi connectivity index (χ4v) is 1.64. The van der Waals surface area contributed by atoms with Crippen LogP contribution in [0.3, 0.4) is 0 Å². The molecule has 0 aromatic carbocycles. The van der Waals surface area contributed by atoms with Gasteiger partial charge in [-0.3, -0.25) is 4.90 Å².